The highest BCUT2D eigenvalue weighted by Crippen LogP contribution is 2.48. The molecule has 0 N–H and O–H groups in total. The fraction of sp³-hybridized carbons (Fsp3) is 1.00. The summed E-state index contributed by atoms with van der Waals surface area (Å²) in [6, 6.07) is 0. The van der Waals surface area contributed by atoms with E-state index in [0.717, 1.165) is 0 Å². The zero-order valence-corrected chi connectivity index (χ0v) is 9.40. The lowest BCUT2D eigenvalue weighted by molar-refractivity contribution is -0.00512. The van der Waals surface area contributed by atoms with Gasteiger partial charge >= 0.3 is 0 Å². The van der Waals surface area contributed by atoms with Crippen molar-refractivity contribution < 1.29 is 0 Å². The summed E-state index contributed by atoms with van der Waals surface area (Å²) in [6.45, 7) is 10.00. The standard InChI is InChI=1S/C12H23N/c1-11(2,3)12-7-4-5-9-13(12)10-6-8-12/h4-10H2,1-3H3. The molecule has 2 saturated heterocycles. The molecule has 1 nitrogen and oxygen atoms in total. The van der Waals surface area contributed by atoms with Crippen molar-refractivity contribution in [1.29, 1.82) is 0 Å². The number of rotatable bonds is 0. The van der Waals surface area contributed by atoms with E-state index in [1.807, 2.05) is 0 Å². The summed E-state index contributed by atoms with van der Waals surface area (Å²) >= 11 is 0. The van der Waals surface area contributed by atoms with E-state index in [9.17, 15) is 0 Å². The first kappa shape index (κ1) is 9.51. The molecule has 2 rings (SSSR count). The van der Waals surface area contributed by atoms with Gasteiger partial charge in [0.15, 0.2) is 0 Å². The van der Waals surface area contributed by atoms with Crippen molar-refractivity contribution >= 4 is 0 Å². The topological polar surface area (TPSA) is 3.24 Å². The Morgan fingerprint density at radius 1 is 0.923 bits per heavy atom. The first-order valence-electron chi connectivity index (χ1n) is 5.81. The highest BCUT2D eigenvalue weighted by molar-refractivity contribution is 5.05. The second-order valence-corrected chi connectivity index (χ2v) is 5.83. The minimum atomic E-state index is 0.476. The molecule has 2 aliphatic rings. The minimum Gasteiger partial charge on any atom is -0.297 e. The van der Waals surface area contributed by atoms with E-state index in [0.29, 0.717) is 11.0 Å². The normalized spacial score (nSPS) is 36.2. The maximum Gasteiger partial charge on any atom is 0.0258 e. The van der Waals surface area contributed by atoms with Crippen LogP contribution in [0.15, 0.2) is 0 Å². The van der Waals surface area contributed by atoms with Gasteiger partial charge in [0.25, 0.3) is 0 Å². The van der Waals surface area contributed by atoms with Crippen LogP contribution in [0.25, 0.3) is 0 Å². The van der Waals surface area contributed by atoms with Crippen LogP contribution in [0, 0.1) is 5.41 Å². The first-order valence-corrected chi connectivity index (χ1v) is 5.81. The van der Waals surface area contributed by atoms with Gasteiger partial charge in [0.2, 0.25) is 0 Å². The lowest BCUT2D eigenvalue weighted by Gasteiger charge is -2.51. The molecule has 0 bridgehead atoms. The Bertz CT molecular complexity index is 192. The minimum absolute atomic E-state index is 0.476. The van der Waals surface area contributed by atoms with E-state index in [1.54, 1.807) is 0 Å². The second kappa shape index (κ2) is 2.98. The molecule has 0 saturated carbocycles. The Labute approximate surface area is 82.5 Å². The zero-order valence-electron chi connectivity index (χ0n) is 9.40. The molecule has 1 unspecified atom stereocenters. The molecule has 0 aliphatic carbocycles. The Balaban J connectivity index is 2.26. The highest BCUT2D eigenvalue weighted by Gasteiger charge is 2.49. The lowest BCUT2D eigenvalue weighted by atomic mass is 9.67. The summed E-state index contributed by atoms with van der Waals surface area (Å²) in [5, 5.41) is 0. The molecule has 0 amide bonds. The van der Waals surface area contributed by atoms with Crippen molar-refractivity contribution in [1.82, 2.24) is 4.90 Å². The number of nitrogens with zero attached hydrogens (tertiary/aromatic N) is 1. The summed E-state index contributed by atoms with van der Waals surface area (Å²) in [6.07, 6.45) is 7.19. The lowest BCUT2D eigenvalue weighted by Crippen LogP contribution is -2.55. The van der Waals surface area contributed by atoms with Crippen molar-refractivity contribution in [3.63, 3.8) is 0 Å². The van der Waals surface area contributed by atoms with Crippen LogP contribution in [0.2, 0.25) is 0 Å². The molecule has 0 aromatic carbocycles. The Kier molecular flexibility index (Phi) is 2.18. The predicted molar refractivity (Wildman–Crippen MR) is 56.8 cm³/mol. The summed E-state index contributed by atoms with van der Waals surface area (Å²) in [5.41, 5.74) is 1.04. The van der Waals surface area contributed by atoms with Gasteiger partial charge in [-0.2, -0.15) is 0 Å². The Morgan fingerprint density at radius 3 is 2.15 bits per heavy atom. The third-order valence-corrected chi connectivity index (χ3v) is 4.29. The van der Waals surface area contributed by atoms with Gasteiger partial charge in [-0.1, -0.05) is 27.2 Å². The molecule has 76 valence electrons. The van der Waals surface area contributed by atoms with Crippen LogP contribution in [-0.2, 0) is 0 Å². The van der Waals surface area contributed by atoms with Gasteiger partial charge in [-0.15, -0.1) is 0 Å². The molecule has 1 heteroatoms. The van der Waals surface area contributed by atoms with Gasteiger partial charge in [-0.05, 0) is 44.2 Å². The van der Waals surface area contributed by atoms with Crippen LogP contribution in [0.5, 0.6) is 0 Å². The van der Waals surface area contributed by atoms with E-state index in [1.165, 1.54) is 45.2 Å². The fourth-order valence-electron chi connectivity index (χ4n) is 3.49. The zero-order chi connectivity index (χ0) is 9.53. The van der Waals surface area contributed by atoms with E-state index in [2.05, 4.69) is 25.7 Å². The van der Waals surface area contributed by atoms with E-state index >= 15 is 0 Å². The van der Waals surface area contributed by atoms with Crippen LogP contribution in [0.4, 0.5) is 0 Å². The predicted octanol–water partition coefficient (Wildman–Crippen LogP) is 3.05. The van der Waals surface area contributed by atoms with Gasteiger partial charge in [0, 0.05) is 5.54 Å². The average Bonchev–Trinajstić information content (AvgIpc) is 2.46. The van der Waals surface area contributed by atoms with E-state index < -0.39 is 0 Å². The summed E-state index contributed by atoms with van der Waals surface area (Å²) in [4.78, 5) is 2.77. The van der Waals surface area contributed by atoms with Crippen LogP contribution in [0.3, 0.4) is 0 Å². The van der Waals surface area contributed by atoms with E-state index in [4.69, 9.17) is 0 Å². The van der Waals surface area contributed by atoms with E-state index in [-0.39, 0.29) is 0 Å². The van der Waals surface area contributed by atoms with Crippen LogP contribution in [-0.4, -0.2) is 23.5 Å². The van der Waals surface area contributed by atoms with Crippen molar-refractivity contribution in [3.8, 4) is 0 Å². The maximum absolute atomic E-state index is 2.77. The average molecular weight is 181 g/mol. The van der Waals surface area contributed by atoms with Crippen LogP contribution < -0.4 is 0 Å². The van der Waals surface area contributed by atoms with Crippen molar-refractivity contribution in [2.75, 3.05) is 13.1 Å². The number of fused-ring (bicyclic) bond motifs is 1. The fourth-order valence-corrected chi connectivity index (χ4v) is 3.49. The molecule has 2 fully saturated rings. The molecule has 1 atom stereocenters. The summed E-state index contributed by atoms with van der Waals surface area (Å²) in [5.74, 6) is 0. The molecular weight excluding hydrogens is 158 g/mol. The first-order chi connectivity index (χ1) is 6.06. The summed E-state index contributed by atoms with van der Waals surface area (Å²) in [7, 11) is 0. The van der Waals surface area contributed by atoms with Crippen molar-refractivity contribution in [2.24, 2.45) is 5.41 Å². The molecule has 0 aromatic heterocycles. The Morgan fingerprint density at radius 2 is 1.54 bits per heavy atom. The number of hydrogen-bond donors (Lipinski definition) is 0. The summed E-state index contributed by atoms with van der Waals surface area (Å²) < 4.78 is 0. The van der Waals surface area contributed by atoms with Crippen LogP contribution >= 0.6 is 0 Å². The number of piperidine rings is 1. The molecule has 0 spiro atoms. The van der Waals surface area contributed by atoms with Gasteiger partial charge in [0.1, 0.15) is 0 Å². The molecule has 0 radical (unpaired) electrons. The largest absolute Gasteiger partial charge is 0.297 e. The Hall–Kier alpha value is -0.0400. The monoisotopic (exact) mass is 181 g/mol. The van der Waals surface area contributed by atoms with Crippen LogP contribution in [0.1, 0.15) is 52.9 Å². The van der Waals surface area contributed by atoms with Gasteiger partial charge in [0.05, 0.1) is 0 Å². The highest BCUT2D eigenvalue weighted by atomic mass is 15.2. The SMILES string of the molecule is CC(C)(C)C12CCCCN1CCC2. The second-order valence-electron chi connectivity index (χ2n) is 5.83. The molecule has 2 heterocycles. The van der Waals surface area contributed by atoms with Crippen molar-refractivity contribution in [2.45, 2.75) is 58.4 Å². The molecular formula is C12H23N. The molecule has 0 aromatic rings. The quantitative estimate of drug-likeness (QED) is 0.555. The third-order valence-electron chi connectivity index (χ3n) is 4.29. The van der Waals surface area contributed by atoms with Crippen molar-refractivity contribution in [3.05, 3.63) is 0 Å². The molecule has 13 heavy (non-hydrogen) atoms. The number of hydrogen-bond acceptors (Lipinski definition) is 1. The third kappa shape index (κ3) is 1.32. The van der Waals surface area contributed by atoms with Gasteiger partial charge in [-0.25, -0.2) is 0 Å². The smallest absolute Gasteiger partial charge is 0.0258 e. The van der Waals surface area contributed by atoms with Gasteiger partial charge in [-0.3, -0.25) is 4.90 Å². The van der Waals surface area contributed by atoms with Gasteiger partial charge < -0.3 is 0 Å². The maximum atomic E-state index is 2.77. The molecule has 2 aliphatic heterocycles.